The Morgan fingerprint density at radius 3 is 0.866 bits per heavy atom. The first-order chi connectivity index (χ1) is 64.4. The fraction of sp³-hybridized carbons (Fsp3) is 0.168. The molecule has 658 valence electrons. The second kappa shape index (κ2) is 31.7. The summed E-state index contributed by atoms with van der Waals surface area (Å²) >= 11 is 0. The van der Waals surface area contributed by atoms with Crippen LogP contribution in [0.3, 0.4) is 0 Å². The molecule has 18 aromatic rings. The highest BCUT2D eigenvalue weighted by Crippen LogP contribution is 2.66. The van der Waals surface area contributed by atoms with Gasteiger partial charge in [0.1, 0.15) is 28.9 Å². The van der Waals surface area contributed by atoms with Crippen molar-refractivity contribution in [2.24, 2.45) is 0 Å². The minimum absolute atomic E-state index is 0.134. The summed E-state index contributed by atoms with van der Waals surface area (Å²) in [5.74, 6) is 3.61. The standard InChI is InChI=1S/C64H58N2OSi.C61H53FN2OSi/c1-62(2)53-26-18-16-25-49(53)50-35-30-45(39-54(50)62)66(57-27-19-17-24-48(57)41-20-12-10-13-21-41)46-32-37-52-56(40-46)64(5,6)59-58-60(67-61(52)59)51-36-31-44(38-55(51)63(58,3)4)65(42-22-14-11-15-23-42)43-28-33-47(34-29-43)68(7,8)9;1-60(2)52-38-46(63(43-24-16-10-17-25-43)45-28-32-48(33-29-45)66(5,6)7)30-34-49(52)58-55(60)56-59(65-58)50-35-31-47(39-53(50)61(56,3)4)64(44-26-18-11-19-27-44)57-51(41-22-14-9-15-23-41)36-42(37-54(57)62)40-20-12-8-13-21-40/h10-40H,1-9H3;8-39H,1-7H3. The molecule has 134 heavy (non-hydrogen) atoms. The maximum absolute atomic E-state index is 17.3. The maximum atomic E-state index is 17.3. The molecule has 5 aliphatic carbocycles. The summed E-state index contributed by atoms with van der Waals surface area (Å²) in [5, 5.41) is 2.90. The van der Waals surface area contributed by atoms with Crippen molar-refractivity contribution in [2.45, 2.75) is 136 Å². The molecule has 0 saturated carbocycles. The Morgan fingerprint density at radius 2 is 0.485 bits per heavy atom. The monoisotopic (exact) mass is 1770 g/mol. The molecule has 0 saturated heterocycles. The van der Waals surface area contributed by atoms with E-state index in [-0.39, 0.29) is 27.5 Å². The first-order valence-corrected chi connectivity index (χ1v) is 54.3. The van der Waals surface area contributed by atoms with Crippen molar-refractivity contribution < 1.29 is 13.2 Å². The first-order valence-electron chi connectivity index (χ1n) is 47.3. The van der Waals surface area contributed by atoms with Crippen molar-refractivity contribution in [1.29, 1.82) is 0 Å². The summed E-state index contributed by atoms with van der Waals surface area (Å²) in [7, 11) is -2.93. The minimum Gasteiger partial charge on any atom is -0.455 e. The molecule has 0 N–H and O–H groups in total. The summed E-state index contributed by atoms with van der Waals surface area (Å²) in [4.78, 5) is 9.35. The van der Waals surface area contributed by atoms with Gasteiger partial charge in [-0.1, -0.05) is 337 Å². The van der Waals surface area contributed by atoms with Crippen LogP contribution in [0.15, 0.2) is 391 Å². The van der Waals surface area contributed by atoms with Gasteiger partial charge in [0.05, 0.1) is 27.5 Å². The van der Waals surface area contributed by atoms with E-state index in [4.69, 9.17) is 8.83 Å². The van der Waals surface area contributed by atoms with Gasteiger partial charge in [0.2, 0.25) is 0 Å². The third-order valence-electron chi connectivity index (χ3n) is 29.6. The molecule has 0 radical (unpaired) electrons. The zero-order chi connectivity index (χ0) is 92.4. The third-order valence-corrected chi connectivity index (χ3v) is 33.7. The molecule has 0 unspecified atom stereocenters. The fourth-order valence-electron chi connectivity index (χ4n) is 22.6. The average Bonchev–Trinajstić information content (AvgIpc) is 1.52. The first kappa shape index (κ1) is 85.1. The Balaban J connectivity index is 0.000000156. The largest absolute Gasteiger partial charge is 0.455 e. The van der Waals surface area contributed by atoms with Crippen molar-refractivity contribution in [3.8, 4) is 89.8 Å². The molecular formula is C125H111FN4O2Si2. The summed E-state index contributed by atoms with van der Waals surface area (Å²) < 4.78 is 31.7. The molecule has 0 aliphatic heterocycles. The SMILES string of the molecule is CC1(C)c2cc(N(c3ccccc3)c3ccc([Si](C)(C)C)cc3)ccc2-c2oc3c(c21)C(C)(C)c1cc(N(c2ccccc2)c2c(F)cc(-c4ccccc4)cc2-c2ccccc2)ccc1-3.CC1(C)c2ccccc2-c2ccc(N(c3ccc4c(c3)C(C)(C)c3c-4oc4c3C(C)(C)c3cc(N(c5ccccc5)c5ccc([Si](C)(C)C)cc5)ccc3-4)c3ccccc3-c3ccccc3)cc21. The highest BCUT2D eigenvalue weighted by molar-refractivity contribution is 6.89. The molecule has 9 heteroatoms. The van der Waals surface area contributed by atoms with Crippen LogP contribution in [0.5, 0.6) is 0 Å². The number of fused-ring (bicyclic) bond motifs is 17. The van der Waals surface area contributed by atoms with Gasteiger partial charge in [-0.25, -0.2) is 4.39 Å². The summed E-state index contributed by atoms with van der Waals surface area (Å²) in [6, 6.07) is 137. The normalized spacial score (nSPS) is 14.6. The van der Waals surface area contributed by atoms with Crippen LogP contribution in [0.1, 0.15) is 125 Å². The number of para-hydroxylation sites is 4. The van der Waals surface area contributed by atoms with E-state index >= 15 is 4.39 Å². The van der Waals surface area contributed by atoms with E-state index < -0.39 is 21.6 Å². The fourth-order valence-corrected chi connectivity index (χ4v) is 24.9. The van der Waals surface area contributed by atoms with E-state index in [2.05, 4.69) is 438 Å². The van der Waals surface area contributed by atoms with Crippen LogP contribution in [0.2, 0.25) is 39.3 Å². The van der Waals surface area contributed by atoms with E-state index in [1.165, 1.54) is 93.8 Å². The number of rotatable bonds is 17. The van der Waals surface area contributed by atoms with Gasteiger partial charge in [0, 0.05) is 140 Å². The highest BCUT2D eigenvalue weighted by Gasteiger charge is 2.53. The Morgan fingerprint density at radius 1 is 0.209 bits per heavy atom. The lowest BCUT2D eigenvalue weighted by molar-refractivity contribution is 0.592. The summed E-state index contributed by atoms with van der Waals surface area (Å²) in [6.07, 6.45) is 0. The van der Waals surface area contributed by atoms with Gasteiger partial charge < -0.3 is 28.4 Å². The predicted molar refractivity (Wildman–Crippen MR) is 566 cm³/mol. The van der Waals surface area contributed by atoms with Crippen molar-refractivity contribution in [2.75, 3.05) is 19.6 Å². The molecule has 5 aliphatic rings. The molecule has 2 aromatic heterocycles. The second-order valence-corrected chi connectivity index (χ2v) is 51.9. The Labute approximate surface area is 791 Å². The number of benzene rings is 16. The molecule has 0 amide bonds. The average molecular weight is 1780 g/mol. The molecule has 0 spiro atoms. The predicted octanol–water partition coefficient (Wildman–Crippen LogP) is 34.2. The van der Waals surface area contributed by atoms with Crippen molar-refractivity contribution >= 4 is 94.8 Å². The Kier molecular flexibility index (Phi) is 20.1. The second-order valence-electron chi connectivity index (χ2n) is 41.8. The number of hydrogen-bond donors (Lipinski definition) is 0. The van der Waals surface area contributed by atoms with Gasteiger partial charge in [0.25, 0.3) is 0 Å². The minimum atomic E-state index is -1.47. The smallest absolute Gasteiger partial charge is 0.148 e. The van der Waals surface area contributed by atoms with Gasteiger partial charge >= 0.3 is 0 Å². The number of furan rings is 2. The quantitative estimate of drug-likeness (QED) is 0.0846. The zero-order valence-corrected chi connectivity index (χ0v) is 81.4. The summed E-state index contributed by atoms with van der Waals surface area (Å²) in [6.45, 7) is 38.1. The van der Waals surface area contributed by atoms with Gasteiger partial charge in [0.15, 0.2) is 0 Å². The van der Waals surface area contributed by atoms with Crippen LogP contribution in [-0.2, 0) is 27.1 Å². The molecule has 6 nitrogen and oxygen atoms in total. The maximum Gasteiger partial charge on any atom is 0.148 e. The van der Waals surface area contributed by atoms with Crippen LogP contribution in [0.25, 0.3) is 89.8 Å². The molecule has 0 bridgehead atoms. The van der Waals surface area contributed by atoms with E-state index in [1.807, 2.05) is 66.7 Å². The number of anilines is 12. The van der Waals surface area contributed by atoms with Gasteiger partial charge in [-0.3, -0.25) is 0 Å². The van der Waals surface area contributed by atoms with Crippen LogP contribution in [0, 0.1) is 5.82 Å². The lowest BCUT2D eigenvalue weighted by atomic mass is 9.74. The third kappa shape index (κ3) is 13.8. The van der Waals surface area contributed by atoms with Crippen LogP contribution >= 0.6 is 0 Å². The van der Waals surface area contributed by atoms with Crippen molar-refractivity contribution in [3.05, 3.63) is 444 Å². The molecule has 0 atom stereocenters. The van der Waals surface area contributed by atoms with Crippen molar-refractivity contribution in [3.63, 3.8) is 0 Å². The lowest BCUT2D eigenvalue weighted by Gasteiger charge is -2.32. The number of hydrogen-bond acceptors (Lipinski definition) is 6. The highest BCUT2D eigenvalue weighted by atomic mass is 28.3. The van der Waals surface area contributed by atoms with Gasteiger partial charge in [-0.05, 0) is 231 Å². The zero-order valence-electron chi connectivity index (χ0n) is 79.4. The topological polar surface area (TPSA) is 39.2 Å². The van der Waals surface area contributed by atoms with E-state index in [9.17, 15) is 0 Å². The van der Waals surface area contributed by atoms with E-state index in [0.29, 0.717) is 5.69 Å². The Bertz CT molecular complexity index is 7650. The summed E-state index contributed by atoms with van der Waals surface area (Å²) in [5.41, 5.74) is 36.9. The van der Waals surface area contributed by atoms with Crippen LogP contribution in [-0.4, -0.2) is 16.1 Å². The van der Waals surface area contributed by atoms with Gasteiger partial charge in [-0.15, -0.1) is 0 Å². The molecule has 23 rings (SSSR count). The van der Waals surface area contributed by atoms with Crippen LogP contribution < -0.4 is 30.0 Å². The molecule has 16 aromatic carbocycles. The van der Waals surface area contributed by atoms with Crippen molar-refractivity contribution in [1.82, 2.24) is 0 Å². The molecular weight excluding hydrogens is 1660 g/mol. The van der Waals surface area contributed by atoms with E-state index in [0.717, 1.165) is 125 Å². The molecule has 0 fully saturated rings. The number of halogens is 1. The van der Waals surface area contributed by atoms with Gasteiger partial charge in [-0.2, -0.15) is 0 Å². The lowest BCUT2D eigenvalue weighted by Crippen LogP contribution is -2.37. The molecule has 2 heterocycles. The van der Waals surface area contributed by atoms with Crippen LogP contribution in [0.4, 0.5) is 72.6 Å². The van der Waals surface area contributed by atoms with E-state index in [1.54, 1.807) is 6.07 Å². The Hall–Kier alpha value is -14.4. The number of nitrogens with zero attached hydrogens (tertiary/aromatic N) is 4.